The molecular weight excluding hydrogens is 374 g/mol. The second kappa shape index (κ2) is 7.69. The number of benzene rings is 2. The second-order valence-corrected chi connectivity index (χ2v) is 5.43. The molecule has 2 aromatic carbocycles. The molecule has 27 heavy (non-hydrogen) atoms. The largest absolute Gasteiger partial charge is 0.478 e. The number of hydrogen-bond acceptors (Lipinski definition) is 1. The number of allylic oxidation sites excluding steroid dienone is 2. The molecule has 0 aliphatic heterocycles. The fraction of sp³-hybridized carbons (Fsp3) is 0.105. The molecule has 0 amide bonds. The summed E-state index contributed by atoms with van der Waals surface area (Å²) < 4.78 is 77.7. The van der Waals surface area contributed by atoms with Crippen molar-refractivity contribution in [3.63, 3.8) is 0 Å². The number of aliphatic carboxylic acids is 1. The highest BCUT2D eigenvalue weighted by Crippen LogP contribution is 2.35. The van der Waals surface area contributed by atoms with Gasteiger partial charge in [0.15, 0.2) is 0 Å². The Hall–Kier alpha value is -3.03. The van der Waals surface area contributed by atoms with E-state index in [0.717, 1.165) is 54.6 Å². The van der Waals surface area contributed by atoms with Crippen molar-refractivity contribution < 1.29 is 36.2 Å². The zero-order valence-corrected chi connectivity index (χ0v) is 13.5. The van der Waals surface area contributed by atoms with E-state index in [0.29, 0.717) is 0 Å². The van der Waals surface area contributed by atoms with Crippen molar-refractivity contribution in [2.75, 3.05) is 0 Å². The predicted octanol–water partition coefficient (Wildman–Crippen LogP) is 5.80. The molecule has 1 N–H and O–H groups in total. The maximum atomic E-state index is 13.0. The minimum absolute atomic E-state index is 0.000752. The first-order chi connectivity index (χ1) is 12.5. The highest BCUT2D eigenvalue weighted by atomic mass is 19.4. The summed E-state index contributed by atoms with van der Waals surface area (Å²) in [5.41, 5.74) is -1.93. The van der Waals surface area contributed by atoms with Gasteiger partial charge in [-0.2, -0.15) is 26.3 Å². The van der Waals surface area contributed by atoms with E-state index >= 15 is 0 Å². The molecule has 0 radical (unpaired) electrons. The summed E-state index contributed by atoms with van der Waals surface area (Å²) in [7, 11) is 0. The number of halogens is 6. The Morgan fingerprint density at radius 1 is 0.815 bits per heavy atom. The summed E-state index contributed by atoms with van der Waals surface area (Å²) in [6.07, 6.45) is -6.35. The summed E-state index contributed by atoms with van der Waals surface area (Å²) in [6, 6.07) is 8.11. The van der Waals surface area contributed by atoms with Crippen molar-refractivity contribution in [1.82, 2.24) is 0 Å². The molecule has 0 atom stereocenters. The number of carbonyl (C=O) groups is 1. The third kappa shape index (κ3) is 5.47. The molecule has 0 spiro atoms. The summed E-state index contributed by atoms with van der Waals surface area (Å²) >= 11 is 0. The zero-order valence-electron chi connectivity index (χ0n) is 13.5. The minimum atomic E-state index is -4.63. The van der Waals surface area contributed by atoms with Crippen molar-refractivity contribution >= 4 is 11.5 Å². The minimum Gasteiger partial charge on any atom is -0.478 e. The van der Waals surface area contributed by atoms with Gasteiger partial charge in [-0.15, -0.1) is 0 Å². The lowest BCUT2D eigenvalue weighted by atomic mass is 9.94. The fourth-order valence-electron chi connectivity index (χ4n) is 2.31. The first-order valence-electron chi connectivity index (χ1n) is 7.45. The fourth-order valence-corrected chi connectivity index (χ4v) is 2.31. The molecule has 0 heterocycles. The highest BCUT2D eigenvalue weighted by Gasteiger charge is 2.32. The molecule has 0 aromatic heterocycles. The van der Waals surface area contributed by atoms with Crippen molar-refractivity contribution in [3.8, 4) is 0 Å². The van der Waals surface area contributed by atoms with Gasteiger partial charge in [0.25, 0.3) is 0 Å². The van der Waals surface area contributed by atoms with Gasteiger partial charge in [-0.3, -0.25) is 0 Å². The van der Waals surface area contributed by atoms with E-state index < -0.39 is 29.4 Å². The van der Waals surface area contributed by atoms with Gasteiger partial charge in [0, 0.05) is 6.08 Å². The lowest BCUT2D eigenvalue weighted by Gasteiger charge is -2.14. The van der Waals surface area contributed by atoms with Gasteiger partial charge in [-0.25, -0.2) is 4.79 Å². The third-order valence-electron chi connectivity index (χ3n) is 3.50. The van der Waals surface area contributed by atoms with Crippen LogP contribution in [0.3, 0.4) is 0 Å². The lowest BCUT2D eigenvalue weighted by Crippen LogP contribution is -2.06. The molecule has 0 aliphatic carbocycles. The quantitative estimate of drug-likeness (QED) is 0.410. The van der Waals surface area contributed by atoms with Gasteiger partial charge in [0.2, 0.25) is 0 Å². The highest BCUT2D eigenvalue weighted by molar-refractivity contribution is 5.84. The molecule has 0 aliphatic rings. The smallest absolute Gasteiger partial charge is 0.416 e. The van der Waals surface area contributed by atoms with E-state index in [1.54, 1.807) is 0 Å². The van der Waals surface area contributed by atoms with Gasteiger partial charge >= 0.3 is 18.3 Å². The number of hydrogen-bond donors (Lipinski definition) is 1. The van der Waals surface area contributed by atoms with Gasteiger partial charge in [0.1, 0.15) is 0 Å². The molecule has 0 fully saturated rings. The molecule has 2 nitrogen and oxygen atoms in total. The average Bonchev–Trinajstić information content (AvgIpc) is 2.57. The topological polar surface area (TPSA) is 37.3 Å². The average molecular weight is 386 g/mol. The van der Waals surface area contributed by atoms with Gasteiger partial charge in [0.05, 0.1) is 11.1 Å². The molecule has 2 rings (SSSR count). The number of carboxylic acids is 1. The van der Waals surface area contributed by atoms with Crippen molar-refractivity contribution in [3.05, 3.63) is 89.0 Å². The van der Waals surface area contributed by atoms with E-state index in [9.17, 15) is 31.1 Å². The molecule has 142 valence electrons. The SMILES string of the molecule is O=C(O)C=CC=C(c1cccc(C(F)(F)F)c1)c1cccc(C(F)(F)F)c1. The van der Waals surface area contributed by atoms with Crippen LogP contribution in [0.25, 0.3) is 5.57 Å². The molecular formula is C19H12F6O2. The van der Waals surface area contributed by atoms with Crippen molar-refractivity contribution in [1.29, 1.82) is 0 Å². The van der Waals surface area contributed by atoms with Gasteiger partial charge < -0.3 is 5.11 Å². The molecule has 0 saturated carbocycles. The first kappa shape index (κ1) is 20.3. The Labute approximate surface area is 150 Å². The van der Waals surface area contributed by atoms with Crippen molar-refractivity contribution in [2.24, 2.45) is 0 Å². The normalized spacial score (nSPS) is 12.2. The van der Waals surface area contributed by atoms with E-state index in [4.69, 9.17) is 5.11 Å². The van der Waals surface area contributed by atoms with Gasteiger partial charge in [-0.1, -0.05) is 36.4 Å². The first-order valence-corrected chi connectivity index (χ1v) is 7.45. The van der Waals surface area contributed by atoms with Crippen LogP contribution in [0.5, 0.6) is 0 Å². The van der Waals surface area contributed by atoms with Crippen LogP contribution in [0.1, 0.15) is 22.3 Å². The number of carboxylic acid groups (broad SMARTS) is 1. The summed E-state index contributed by atoms with van der Waals surface area (Å²) in [5, 5.41) is 8.66. The maximum absolute atomic E-state index is 13.0. The molecule has 2 aromatic rings. The molecule has 0 bridgehead atoms. The van der Waals surface area contributed by atoms with E-state index in [2.05, 4.69) is 0 Å². The monoisotopic (exact) mass is 386 g/mol. The van der Waals surface area contributed by atoms with Crippen LogP contribution in [0.4, 0.5) is 26.3 Å². The maximum Gasteiger partial charge on any atom is 0.416 e. The van der Waals surface area contributed by atoms with Crippen molar-refractivity contribution in [2.45, 2.75) is 12.4 Å². The van der Waals surface area contributed by atoms with E-state index in [1.807, 2.05) is 0 Å². The molecule has 0 unspecified atom stereocenters. The molecule has 8 heteroatoms. The van der Waals surface area contributed by atoms with Crippen LogP contribution >= 0.6 is 0 Å². The van der Waals surface area contributed by atoms with Crippen LogP contribution in [0.15, 0.2) is 66.8 Å². The van der Waals surface area contributed by atoms with Crippen LogP contribution in [-0.2, 0) is 17.1 Å². The predicted molar refractivity (Wildman–Crippen MR) is 86.7 cm³/mol. The Balaban J connectivity index is 2.62. The van der Waals surface area contributed by atoms with Crippen LogP contribution in [-0.4, -0.2) is 11.1 Å². The Kier molecular flexibility index (Phi) is 5.78. The lowest BCUT2D eigenvalue weighted by molar-refractivity contribution is -0.138. The van der Waals surface area contributed by atoms with E-state index in [-0.39, 0.29) is 16.7 Å². The van der Waals surface area contributed by atoms with Crippen LogP contribution in [0.2, 0.25) is 0 Å². The van der Waals surface area contributed by atoms with Gasteiger partial charge in [-0.05, 0) is 41.0 Å². The summed E-state index contributed by atoms with van der Waals surface area (Å²) in [5.74, 6) is -1.31. The van der Waals surface area contributed by atoms with Crippen LogP contribution in [0, 0.1) is 0 Å². The Bertz CT molecular complexity index is 832. The number of rotatable bonds is 4. The molecule has 0 saturated heterocycles. The Morgan fingerprint density at radius 3 is 1.63 bits per heavy atom. The standard InChI is InChI=1S/C19H12F6O2/c20-18(21,22)14-6-1-4-12(10-14)16(8-3-9-17(26)27)13-5-2-7-15(11-13)19(23,24)25/h1-11H,(H,26,27). The number of alkyl halides is 6. The summed E-state index contributed by atoms with van der Waals surface area (Å²) in [6.45, 7) is 0. The summed E-state index contributed by atoms with van der Waals surface area (Å²) in [4.78, 5) is 10.6. The van der Waals surface area contributed by atoms with Crippen LogP contribution < -0.4 is 0 Å². The Morgan fingerprint density at radius 2 is 1.26 bits per heavy atom. The third-order valence-corrected chi connectivity index (χ3v) is 3.50. The zero-order chi connectivity index (χ0) is 20.2. The second-order valence-electron chi connectivity index (χ2n) is 5.43. The van der Waals surface area contributed by atoms with E-state index in [1.165, 1.54) is 12.1 Å².